The zero-order valence-corrected chi connectivity index (χ0v) is 12.9. The Morgan fingerprint density at radius 1 is 1.56 bits per heavy atom. The summed E-state index contributed by atoms with van der Waals surface area (Å²) in [4.78, 5) is 0. The third-order valence-corrected chi connectivity index (χ3v) is 4.76. The van der Waals surface area contributed by atoms with Gasteiger partial charge in [0.15, 0.2) is 0 Å². The molecule has 0 saturated carbocycles. The Kier molecular flexibility index (Phi) is 5.21. The summed E-state index contributed by atoms with van der Waals surface area (Å²) in [6, 6.07) is 6.12. The molecule has 0 bridgehead atoms. The van der Waals surface area contributed by atoms with Crippen LogP contribution in [0.5, 0.6) is 5.75 Å². The largest absolute Gasteiger partial charge is 0.488 e. The van der Waals surface area contributed by atoms with Crippen molar-refractivity contribution in [2.75, 3.05) is 24.6 Å². The second kappa shape index (κ2) is 6.68. The molecule has 1 heterocycles. The van der Waals surface area contributed by atoms with E-state index in [1.165, 1.54) is 5.56 Å². The van der Waals surface area contributed by atoms with Crippen molar-refractivity contribution < 1.29 is 8.95 Å². The zero-order chi connectivity index (χ0) is 13.0. The fourth-order valence-corrected chi connectivity index (χ4v) is 3.07. The van der Waals surface area contributed by atoms with E-state index >= 15 is 0 Å². The Bertz CT molecular complexity index is 439. The first-order valence-corrected chi connectivity index (χ1v) is 8.48. The van der Waals surface area contributed by atoms with E-state index in [0.29, 0.717) is 0 Å². The number of hydrogen-bond donors (Lipinski definition) is 1. The smallest absolute Gasteiger partial charge is 0.123 e. The van der Waals surface area contributed by atoms with Crippen LogP contribution in [0.25, 0.3) is 0 Å². The van der Waals surface area contributed by atoms with E-state index in [-0.39, 0.29) is 6.10 Å². The summed E-state index contributed by atoms with van der Waals surface area (Å²) in [5.74, 6) is 2.45. The van der Waals surface area contributed by atoms with E-state index < -0.39 is 10.8 Å². The molecule has 0 fully saturated rings. The summed E-state index contributed by atoms with van der Waals surface area (Å²) in [5.41, 5.74) is 1.26. The average molecular weight is 332 g/mol. The molecule has 1 aromatic carbocycles. The lowest BCUT2D eigenvalue weighted by molar-refractivity contribution is 0.229. The fourth-order valence-electron chi connectivity index (χ4n) is 2.00. The first-order valence-electron chi connectivity index (χ1n) is 6.20. The molecular weight excluding hydrogens is 314 g/mol. The number of hydrogen-bond acceptors (Lipinski definition) is 3. The highest BCUT2D eigenvalue weighted by Crippen LogP contribution is 2.30. The highest BCUT2D eigenvalue weighted by Gasteiger charge is 2.22. The maximum absolute atomic E-state index is 11.3. The Morgan fingerprint density at radius 3 is 3.17 bits per heavy atom. The molecule has 1 aromatic rings. The van der Waals surface area contributed by atoms with Crippen molar-refractivity contribution >= 4 is 26.7 Å². The number of halogens is 1. The first-order chi connectivity index (χ1) is 8.69. The molecular formula is C13H18BrNO2S. The summed E-state index contributed by atoms with van der Waals surface area (Å²) < 4.78 is 18.2. The van der Waals surface area contributed by atoms with Crippen LogP contribution in [0.15, 0.2) is 22.7 Å². The number of rotatable bonds is 6. The molecule has 100 valence electrons. The summed E-state index contributed by atoms with van der Waals surface area (Å²) in [6.07, 6.45) is 1.14. The standard InChI is InChI=1S/C13H18BrNO2S/c1-2-18(16)6-5-15-9-12-8-10-7-11(14)3-4-13(10)17-12/h3-4,7,12,15H,2,5-6,8-9H2,1H3. The Morgan fingerprint density at radius 2 is 2.39 bits per heavy atom. The van der Waals surface area contributed by atoms with Gasteiger partial charge in [-0.3, -0.25) is 4.21 Å². The molecule has 3 nitrogen and oxygen atoms in total. The van der Waals surface area contributed by atoms with Gasteiger partial charge in [0.25, 0.3) is 0 Å². The number of nitrogens with one attached hydrogen (secondary N) is 1. The third-order valence-electron chi connectivity index (χ3n) is 2.96. The topological polar surface area (TPSA) is 38.3 Å². The van der Waals surface area contributed by atoms with E-state index in [2.05, 4.69) is 27.3 Å². The van der Waals surface area contributed by atoms with Gasteiger partial charge in [0.1, 0.15) is 11.9 Å². The highest BCUT2D eigenvalue weighted by atomic mass is 79.9. The van der Waals surface area contributed by atoms with Crippen LogP contribution in [-0.4, -0.2) is 34.9 Å². The summed E-state index contributed by atoms with van der Waals surface area (Å²) >= 11 is 3.47. The molecule has 2 atom stereocenters. The van der Waals surface area contributed by atoms with Crippen molar-refractivity contribution in [2.24, 2.45) is 0 Å². The number of ether oxygens (including phenoxy) is 1. The van der Waals surface area contributed by atoms with Crippen LogP contribution in [0, 0.1) is 0 Å². The molecule has 0 amide bonds. The summed E-state index contributed by atoms with van der Waals surface area (Å²) in [6.45, 7) is 3.55. The lowest BCUT2D eigenvalue weighted by atomic mass is 10.1. The Hall–Kier alpha value is -0.390. The predicted octanol–water partition coefficient (Wildman–Crippen LogP) is 2.11. The summed E-state index contributed by atoms with van der Waals surface area (Å²) in [7, 11) is -0.683. The van der Waals surface area contributed by atoms with E-state index in [4.69, 9.17) is 4.74 Å². The van der Waals surface area contributed by atoms with Crippen LogP contribution in [0.2, 0.25) is 0 Å². The molecule has 0 saturated heterocycles. The number of benzene rings is 1. The van der Waals surface area contributed by atoms with Gasteiger partial charge in [0.05, 0.1) is 0 Å². The Labute approximate surface area is 119 Å². The van der Waals surface area contributed by atoms with Crippen molar-refractivity contribution in [3.05, 3.63) is 28.2 Å². The van der Waals surface area contributed by atoms with Crippen molar-refractivity contribution in [1.29, 1.82) is 0 Å². The normalized spacial score (nSPS) is 19.3. The predicted molar refractivity (Wildman–Crippen MR) is 78.7 cm³/mol. The monoisotopic (exact) mass is 331 g/mol. The Balaban J connectivity index is 1.73. The second-order valence-corrected chi connectivity index (χ2v) is 7.11. The van der Waals surface area contributed by atoms with Gasteiger partial charge in [-0.15, -0.1) is 0 Å². The van der Waals surface area contributed by atoms with Gasteiger partial charge < -0.3 is 10.1 Å². The van der Waals surface area contributed by atoms with Gasteiger partial charge in [-0.05, 0) is 23.8 Å². The van der Waals surface area contributed by atoms with Crippen LogP contribution in [0.4, 0.5) is 0 Å². The molecule has 0 radical (unpaired) electrons. The molecule has 2 rings (SSSR count). The van der Waals surface area contributed by atoms with Crippen LogP contribution in [-0.2, 0) is 17.2 Å². The van der Waals surface area contributed by atoms with E-state index in [0.717, 1.165) is 41.2 Å². The van der Waals surface area contributed by atoms with Crippen molar-refractivity contribution in [3.8, 4) is 5.75 Å². The molecule has 5 heteroatoms. The molecule has 18 heavy (non-hydrogen) atoms. The van der Waals surface area contributed by atoms with E-state index in [9.17, 15) is 4.21 Å². The highest BCUT2D eigenvalue weighted by molar-refractivity contribution is 9.10. The molecule has 0 aromatic heterocycles. The van der Waals surface area contributed by atoms with Crippen LogP contribution >= 0.6 is 15.9 Å². The van der Waals surface area contributed by atoms with Crippen LogP contribution in [0.3, 0.4) is 0 Å². The van der Waals surface area contributed by atoms with E-state index in [1.54, 1.807) is 0 Å². The molecule has 2 unspecified atom stereocenters. The first kappa shape index (κ1) is 14.0. The van der Waals surface area contributed by atoms with Gasteiger partial charge in [-0.2, -0.15) is 0 Å². The van der Waals surface area contributed by atoms with Crippen LogP contribution in [0.1, 0.15) is 12.5 Å². The van der Waals surface area contributed by atoms with Crippen molar-refractivity contribution in [2.45, 2.75) is 19.4 Å². The maximum atomic E-state index is 11.3. The van der Waals surface area contributed by atoms with E-state index in [1.807, 2.05) is 19.1 Å². The van der Waals surface area contributed by atoms with Crippen molar-refractivity contribution in [3.63, 3.8) is 0 Å². The van der Waals surface area contributed by atoms with Crippen molar-refractivity contribution in [1.82, 2.24) is 5.32 Å². The quantitative estimate of drug-likeness (QED) is 0.811. The minimum atomic E-state index is -0.683. The summed E-state index contributed by atoms with van der Waals surface area (Å²) in [5, 5.41) is 3.31. The number of fused-ring (bicyclic) bond motifs is 1. The van der Waals surface area contributed by atoms with Gasteiger partial charge in [-0.1, -0.05) is 22.9 Å². The molecule has 0 spiro atoms. The lowest BCUT2D eigenvalue weighted by Gasteiger charge is -2.11. The molecule has 0 aliphatic carbocycles. The third kappa shape index (κ3) is 3.80. The molecule has 1 N–H and O–H groups in total. The molecule has 1 aliphatic rings. The van der Waals surface area contributed by atoms with Gasteiger partial charge in [-0.25, -0.2) is 0 Å². The van der Waals surface area contributed by atoms with Gasteiger partial charge in [0, 0.05) is 46.3 Å². The zero-order valence-electron chi connectivity index (χ0n) is 10.4. The minimum absolute atomic E-state index is 0.198. The molecule has 1 aliphatic heterocycles. The van der Waals surface area contributed by atoms with Gasteiger partial charge >= 0.3 is 0 Å². The lowest BCUT2D eigenvalue weighted by Crippen LogP contribution is -2.32. The van der Waals surface area contributed by atoms with Gasteiger partial charge in [0.2, 0.25) is 0 Å². The SMILES string of the molecule is CCS(=O)CCNCC1Cc2cc(Br)ccc2O1. The van der Waals surface area contributed by atoms with Crippen LogP contribution < -0.4 is 10.1 Å². The fraction of sp³-hybridized carbons (Fsp3) is 0.538. The minimum Gasteiger partial charge on any atom is -0.488 e. The maximum Gasteiger partial charge on any atom is 0.123 e. The average Bonchev–Trinajstić information content (AvgIpc) is 2.76. The second-order valence-electron chi connectivity index (χ2n) is 4.33.